The molecule has 8 heteroatoms. The Bertz CT molecular complexity index is 1210. The third-order valence-electron chi connectivity index (χ3n) is 6.07. The molecule has 3 aromatic rings. The van der Waals surface area contributed by atoms with Crippen LogP contribution in [-0.4, -0.2) is 36.4 Å². The van der Waals surface area contributed by atoms with Gasteiger partial charge in [0.15, 0.2) is 0 Å². The van der Waals surface area contributed by atoms with Crippen LogP contribution in [0.3, 0.4) is 0 Å². The molecule has 0 radical (unpaired) electrons. The van der Waals surface area contributed by atoms with Gasteiger partial charge in [0, 0.05) is 17.3 Å². The number of nitrogens with one attached hydrogen (secondary N) is 2. The summed E-state index contributed by atoms with van der Waals surface area (Å²) in [5.41, 5.74) is 1.72. The van der Waals surface area contributed by atoms with Crippen LogP contribution in [-0.2, 0) is 9.59 Å². The van der Waals surface area contributed by atoms with E-state index < -0.39 is 17.5 Å². The number of ether oxygens (including phenoxy) is 1. The van der Waals surface area contributed by atoms with E-state index >= 15 is 0 Å². The van der Waals surface area contributed by atoms with E-state index in [1.165, 1.54) is 16.2 Å². The van der Waals surface area contributed by atoms with Crippen LogP contribution in [0.2, 0.25) is 0 Å². The molecule has 7 nitrogen and oxygen atoms in total. The fourth-order valence-corrected chi connectivity index (χ4v) is 4.36. The highest BCUT2D eigenvalue weighted by Gasteiger charge is 2.35. The first-order chi connectivity index (χ1) is 17.6. The Morgan fingerprint density at radius 3 is 2.38 bits per heavy atom. The van der Waals surface area contributed by atoms with Crippen molar-refractivity contribution in [1.29, 1.82) is 0 Å². The quantitative estimate of drug-likeness (QED) is 0.360. The van der Waals surface area contributed by atoms with E-state index in [0.717, 1.165) is 5.56 Å². The Kier molecular flexibility index (Phi) is 9.47. The first kappa shape index (κ1) is 27.9. The van der Waals surface area contributed by atoms with Crippen molar-refractivity contribution < 1.29 is 19.1 Å². The van der Waals surface area contributed by atoms with Gasteiger partial charge in [0.05, 0.1) is 18.0 Å². The van der Waals surface area contributed by atoms with Gasteiger partial charge in [-0.2, -0.15) is 0 Å². The van der Waals surface area contributed by atoms with E-state index in [9.17, 15) is 14.4 Å². The average molecular weight is 522 g/mol. The highest BCUT2D eigenvalue weighted by Crippen LogP contribution is 2.31. The first-order valence-electron chi connectivity index (χ1n) is 12.4. The van der Waals surface area contributed by atoms with E-state index in [1.807, 2.05) is 58.9 Å². The van der Waals surface area contributed by atoms with Crippen LogP contribution in [0.15, 0.2) is 66.0 Å². The Balaban J connectivity index is 2.05. The maximum Gasteiger partial charge on any atom is 0.261 e. The molecule has 37 heavy (non-hydrogen) atoms. The van der Waals surface area contributed by atoms with Crippen LogP contribution in [0.25, 0.3) is 0 Å². The van der Waals surface area contributed by atoms with Gasteiger partial charge < -0.3 is 15.4 Å². The average Bonchev–Trinajstić information content (AvgIpc) is 3.42. The molecule has 2 N–H and O–H groups in total. The Morgan fingerprint density at radius 2 is 1.76 bits per heavy atom. The standard InChI is InChI=1S/C29H35N3O4S/c1-6-29(4,5)31-28(35)26(21-15-13-20(3)14-16-21)32(22-10-8-11-23(18-22)36-7-2)25(33)19-30-27(34)24-12-9-17-37-24/h8-18,26H,6-7,19H2,1-5H3,(H,30,34)(H,31,35)/t26-/m0/s1. The molecule has 0 aliphatic rings. The van der Waals surface area contributed by atoms with E-state index in [2.05, 4.69) is 10.6 Å². The third kappa shape index (κ3) is 7.43. The van der Waals surface area contributed by atoms with Gasteiger partial charge in [-0.15, -0.1) is 11.3 Å². The van der Waals surface area contributed by atoms with E-state index in [0.29, 0.717) is 34.9 Å². The normalized spacial score (nSPS) is 11.9. The van der Waals surface area contributed by atoms with Crippen LogP contribution in [0.5, 0.6) is 5.75 Å². The molecule has 0 saturated heterocycles. The van der Waals surface area contributed by atoms with Gasteiger partial charge in [0.1, 0.15) is 11.8 Å². The fourth-order valence-electron chi connectivity index (χ4n) is 3.72. The monoisotopic (exact) mass is 521 g/mol. The Morgan fingerprint density at radius 1 is 1.03 bits per heavy atom. The predicted molar refractivity (Wildman–Crippen MR) is 148 cm³/mol. The number of thiophene rings is 1. The van der Waals surface area contributed by atoms with Gasteiger partial charge in [-0.25, -0.2) is 0 Å². The summed E-state index contributed by atoms with van der Waals surface area (Å²) < 4.78 is 5.68. The maximum atomic E-state index is 13.8. The number of nitrogens with zero attached hydrogens (tertiary/aromatic N) is 1. The van der Waals surface area contributed by atoms with Crippen LogP contribution < -0.4 is 20.3 Å². The van der Waals surface area contributed by atoms with Crippen LogP contribution >= 0.6 is 11.3 Å². The smallest absolute Gasteiger partial charge is 0.261 e. The summed E-state index contributed by atoms with van der Waals surface area (Å²) in [6.07, 6.45) is 0.712. The molecule has 0 spiro atoms. The lowest BCUT2D eigenvalue weighted by Gasteiger charge is -2.35. The number of amides is 3. The second-order valence-corrected chi connectivity index (χ2v) is 10.3. The van der Waals surface area contributed by atoms with Crippen molar-refractivity contribution >= 4 is 34.7 Å². The van der Waals surface area contributed by atoms with Gasteiger partial charge in [0.25, 0.3) is 5.91 Å². The lowest BCUT2D eigenvalue weighted by atomic mass is 9.97. The van der Waals surface area contributed by atoms with Crippen molar-refractivity contribution in [1.82, 2.24) is 10.6 Å². The molecule has 1 atom stereocenters. The van der Waals surface area contributed by atoms with Gasteiger partial charge in [-0.3, -0.25) is 19.3 Å². The van der Waals surface area contributed by atoms with Crippen LogP contribution in [0.1, 0.15) is 61.0 Å². The summed E-state index contributed by atoms with van der Waals surface area (Å²) in [5.74, 6) is -0.490. The SMILES string of the molecule is CCOc1cccc(N(C(=O)CNC(=O)c2cccs2)[C@H](C(=O)NC(C)(C)CC)c2ccc(C)cc2)c1. The van der Waals surface area contributed by atoms with Crippen LogP contribution in [0, 0.1) is 6.92 Å². The minimum Gasteiger partial charge on any atom is -0.494 e. The summed E-state index contributed by atoms with van der Waals surface area (Å²) in [6.45, 7) is 9.91. The fraction of sp³-hybridized carbons (Fsp3) is 0.345. The third-order valence-corrected chi connectivity index (χ3v) is 6.93. The highest BCUT2D eigenvalue weighted by molar-refractivity contribution is 7.12. The van der Waals surface area contributed by atoms with Crippen molar-refractivity contribution in [3.8, 4) is 5.75 Å². The van der Waals surface area contributed by atoms with Crippen molar-refractivity contribution in [2.75, 3.05) is 18.1 Å². The molecule has 3 amide bonds. The summed E-state index contributed by atoms with van der Waals surface area (Å²) in [4.78, 5) is 42.2. The van der Waals surface area contributed by atoms with Crippen LogP contribution in [0.4, 0.5) is 5.69 Å². The zero-order valence-electron chi connectivity index (χ0n) is 22.0. The van der Waals surface area contributed by atoms with Crippen molar-refractivity contribution in [3.05, 3.63) is 82.0 Å². The summed E-state index contributed by atoms with van der Waals surface area (Å²) in [5, 5.41) is 7.61. The first-order valence-corrected chi connectivity index (χ1v) is 13.3. The second-order valence-electron chi connectivity index (χ2n) is 9.39. The topological polar surface area (TPSA) is 87.7 Å². The number of anilines is 1. The Labute approximate surface area is 222 Å². The molecule has 0 fully saturated rings. The number of hydrogen-bond acceptors (Lipinski definition) is 5. The van der Waals surface area contributed by atoms with Gasteiger partial charge in [-0.05, 0) is 63.3 Å². The lowest BCUT2D eigenvalue weighted by molar-refractivity contribution is -0.127. The summed E-state index contributed by atoms with van der Waals surface area (Å²) in [7, 11) is 0. The minimum absolute atomic E-state index is 0.275. The number of carbonyl (C=O) groups excluding carboxylic acids is 3. The number of hydrogen-bond donors (Lipinski definition) is 2. The molecular formula is C29H35N3O4S. The van der Waals surface area contributed by atoms with Gasteiger partial charge >= 0.3 is 0 Å². The molecule has 1 aromatic heterocycles. The minimum atomic E-state index is -0.963. The lowest BCUT2D eigenvalue weighted by Crippen LogP contribution is -2.52. The van der Waals surface area contributed by atoms with Crippen molar-refractivity contribution in [2.45, 2.75) is 52.6 Å². The largest absolute Gasteiger partial charge is 0.494 e. The Hall–Kier alpha value is -3.65. The summed E-state index contributed by atoms with van der Waals surface area (Å²) in [6, 6.07) is 17.1. The van der Waals surface area contributed by atoms with E-state index in [1.54, 1.807) is 41.8 Å². The number of rotatable bonds is 11. The van der Waals surface area contributed by atoms with Crippen molar-refractivity contribution in [2.24, 2.45) is 0 Å². The highest BCUT2D eigenvalue weighted by atomic mass is 32.1. The van der Waals surface area contributed by atoms with Gasteiger partial charge in [0.2, 0.25) is 11.8 Å². The molecule has 0 unspecified atom stereocenters. The number of benzene rings is 2. The number of carbonyl (C=O) groups is 3. The maximum absolute atomic E-state index is 13.8. The van der Waals surface area contributed by atoms with Gasteiger partial charge in [-0.1, -0.05) is 48.9 Å². The summed E-state index contributed by atoms with van der Waals surface area (Å²) >= 11 is 1.30. The molecule has 3 rings (SSSR count). The second kappa shape index (κ2) is 12.5. The number of aryl methyl sites for hydroxylation is 1. The molecule has 0 saturated carbocycles. The van der Waals surface area contributed by atoms with E-state index in [-0.39, 0.29) is 18.4 Å². The van der Waals surface area contributed by atoms with E-state index in [4.69, 9.17) is 4.74 Å². The molecule has 0 aliphatic heterocycles. The molecule has 1 heterocycles. The zero-order chi connectivity index (χ0) is 27.0. The zero-order valence-corrected chi connectivity index (χ0v) is 22.9. The molecule has 0 aliphatic carbocycles. The predicted octanol–water partition coefficient (Wildman–Crippen LogP) is 5.26. The molecule has 196 valence electrons. The molecule has 2 aromatic carbocycles. The van der Waals surface area contributed by atoms with Crippen molar-refractivity contribution in [3.63, 3.8) is 0 Å². The molecule has 0 bridgehead atoms. The molecular weight excluding hydrogens is 486 g/mol.